The van der Waals surface area contributed by atoms with Gasteiger partial charge in [-0.25, -0.2) is 0 Å². The zero-order valence-corrected chi connectivity index (χ0v) is 10.5. The van der Waals surface area contributed by atoms with Crippen LogP contribution in [0, 0.1) is 0 Å². The summed E-state index contributed by atoms with van der Waals surface area (Å²) in [6.07, 6.45) is 0.0908. The van der Waals surface area contributed by atoms with Crippen molar-refractivity contribution in [2.75, 3.05) is 6.79 Å². The normalized spacial score (nSPS) is 16.2. The van der Waals surface area contributed by atoms with Gasteiger partial charge in [0, 0.05) is 11.6 Å². The fourth-order valence-electron chi connectivity index (χ4n) is 1.92. The first-order chi connectivity index (χ1) is 8.56. The van der Waals surface area contributed by atoms with E-state index < -0.39 is 6.10 Å². The summed E-state index contributed by atoms with van der Waals surface area (Å²) >= 11 is 0. The molecule has 2 rings (SSSR count). The molecule has 18 heavy (non-hydrogen) atoms. The Bertz CT molecular complexity index is 445. The topological polar surface area (TPSA) is 67.8 Å². The van der Waals surface area contributed by atoms with Crippen LogP contribution in [0.4, 0.5) is 0 Å². The van der Waals surface area contributed by atoms with Crippen LogP contribution >= 0.6 is 0 Å². The van der Waals surface area contributed by atoms with Crippen molar-refractivity contribution in [1.29, 1.82) is 0 Å². The van der Waals surface area contributed by atoms with Crippen molar-refractivity contribution in [3.8, 4) is 11.5 Å². The molecule has 0 saturated carbocycles. The van der Waals surface area contributed by atoms with Gasteiger partial charge in [-0.1, -0.05) is 0 Å². The molecular weight excluding hydrogens is 234 g/mol. The summed E-state index contributed by atoms with van der Waals surface area (Å²) in [5, 5.41) is 12.1. The molecule has 2 unspecified atom stereocenters. The van der Waals surface area contributed by atoms with E-state index in [1.54, 1.807) is 25.1 Å². The zero-order valence-electron chi connectivity index (χ0n) is 10.5. The average Bonchev–Trinajstić information content (AvgIpc) is 2.74. The van der Waals surface area contributed by atoms with Crippen molar-refractivity contribution >= 4 is 5.91 Å². The van der Waals surface area contributed by atoms with E-state index in [1.165, 1.54) is 0 Å². The second kappa shape index (κ2) is 5.27. The van der Waals surface area contributed by atoms with E-state index in [0.29, 0.717) is 23.5 Å². The molecule has 1 aromatic carbocycles. The van der Waals surface area contributed by atoms with Crippen molar-refractivity contribution in [3.05, 3.63) is 23.8 Å². The molecule has 0 fully saturated rings. The fourth-order valence-corrected chi connectivity index (χ4v) is 1.92. The Kier molecular flexibility index (Phi) is 3.72. The minimum Gasteiger partial charge on any atom is -0.454 e. The van der Waals surface area contributed by atoms with Crippen molar-refractivity contribution in [2.45, 2.75) is 32.4 Å². The van der Waals surface area contributed by atoms with Gasteiger partial charge in [-0.05, 0) is 38.5 Å². The van der Waals surface area contributed by atoms with Crippen LogP contribution in [0.25, 0.3) is 0 Å². The van der Waals surface area contributed by atoms with Crippen LogP contribution in [0.15, 0.2) is 18.2 Å². The maximum Gasteiger partial charge on any atom is 0.251 e. The number of ether oxygens (including phenoxy) is 2. The number of aliphatic hydroxyl groups is 1. The van der Waals surface area contributed by atoms with E-state index in [9.17, 15) is 9.90 Å². The van der Waals surface area contributed by atoms with E-state index in [0.717, 1.165) is 0 Å². The summed E-state index contributed by atoms with van der Waals surface area (Å²) in [5.41, 5.74) is 0.525. The summed E-state index contributed by atoms with van der Waals surface area (Å²) in [6, 6.07) is 4.99. The van der Waals surface area contributed by atoms with E-state index in [4.69, 9.17) is 9.47 Å². The maximum absolute atomic E-state index is 11.9. The molecule has 5 heteroatoms. The van der Waals surface area contributed by atoms with E-state index >= 15 is 0 Å². The standard InChI is InChI=1S/C13H17NO4/c1-8(5-9(2)15)14-13(16)10-3-4-11-12(6-10)18-7-17-11/h3-4,6,8-9,15H,5,7H2,1-2H3,(H,14,16). The van der Waals surface area contributed by atoms with E-state index in [2.05, 4.69) is 5.32 Å². The Labute approximate surface area is 106 Å². The highest BCUT2D eigenvalue weighted by Gasteiger charge is 2.17. The Morgan fingerprint density at radius 2 is 2.11 bits per heavy atom. The van der Waals surface area contributed by atoms with Gasteiger partial charge in [0.1, 0.15) is 0 Å². The van der Waals surface area contributed by atoms with Crippen LogP contribution < -0.4 is 14.8 Å². The van der Waals surface area contributed by atoms with Crippen LogP contribution in [0.5, 0.6) is 11.5 Å². The highest BCUT2D eigenvalue weighted by molar-refractivity contribution is 5.95. The molecule has 0 saturated heterocycles. The number of carbonyl (C=O) groups is 1. The average molecular weight is 251 g/mol. The minimum absolute atomic E-state index is 0.0806. The van der Waals surface area contributed by atoms with Gasteiger partial charge >= 0.3 is 0 Å². The van der Waals surface area contributed by atoms with Crippen molar-refractivity contribution < 1.29 is 19.4 Å². The van der Waals surface area contributed by atoms with Gasteiger partial charge < -0.3 is 19.9 Å². The monoisotopic (exact) mass is 251 g/mol. The summed E-state index contributed by atoms with van der Waals surface area (Å²) in [6.45, 7) is 3.75. The van der Waals surface area contributed by atoms with Gasteiger partial charge in [0.15, 0.2) is 11.5 Å². The van der Waals surface area contributed by atoms with Gasteiger partial charge in [0.2, 0.25) is 6.79 Å². The molecule has 0 bridgehead atoms. The molecule has 98 valence electrons. The predicted molar refractivity (Wildman–Crippen MR) is 65.8 cm³/mol. The van der Waals surface area contributed by atoms with Crippen LogP contribution in [0.1, 0.15) is 30.6 Å². The second-order valence-corrected chi connectivity index (χ2v) is 4.53. The lowest BCUT2D eigenvalue weighted by atomic mass is 10.1. The highest BCUT2D eigenvalue weighted by atomic mass is 16.7. The first kappa shape index (κ1) is 12.7. The SMILES string of the molecule is CC(O)CC(C)NC(=O)c1ccc2c(c1)OCO2. The summed E-state index contributed by atoms with van der Waals surface area (Å²) in [5.74, 6) is 1.07. The Morgan fingerprint density at radius 3 is 2.83 bits per heavy atom. The fraction of sp³-hybridized carbons (Fsp3) is 0.462. The lowest BCUT2D eigenvalue weighted by molar-refractivity contribution is 0.0922. The first-order valence-corrected chi connectivity index (χ1v) is 5.95. The quantitative estimate of drug-likeness (QED) is 0.846. The Morgan fingerprint density at radius 1 is 1.39 bits per heavy atom. The molecule has 5 nitrogen and oxygen atoms in total. The van der Waals surface area contributed by atoms with Crippen LogP contribution in [-0.4, -0.2) is 30.0 Å². The third-order valence-corrected chi connectivity index (χ3v) is 2.71. The lowest BCUT2D eigenvalue weighted by Crippen LogP contribution is -2.34. The van der Waals surface area contributed by atoms with Gasteiger partial charge in [-0.15, -0.1) is 0 Å². The molecule has 2 N–H and O–H groups in total. The molecule has 1 aliphatic heterocycles. The number of rotatable bonds is 4. The molecule has 0 radical (unpaired) electrons. The van der Waals surface area contributed by atoms with Gasteiger partial charge in [0.25, 0.3) is 5.91 Å². The van der Waals surface area contributed by atoms with E-state index in [-0.39, 0.29) is 18.7 Å². The van der Waals surface area contributed by atoms with Gasteiger partial charge in [0.05, 0.1) is 6.10 Å². The largest absolute Gasteiger partial charge is 0.454 e. The Balaban J connectivity index is 2.01. The molecular formula is C13H17NO4. The summed E-state index contributed by atoms with van der Waals surface area (Å²) < 4.78 is 10.4. The number of fused-ring (bicyclic) bond motifs is 1. The Hall–Kier alpha value is -1.75. The maximum atomic E-state index is 11.9. The molecule has 1 amide bonds. The van der Waals surface area contributed by atoms with E-state index in [1.807, 2.05) is 6.92 Å². The lowest BCUT2D eigenvalue weighted by Gasteiger charge is -2.15. The van der Waals surface area contributed by atoms with Gasteiger partial charge in [-0.2, -0.15) is 0 Å². The summed E-state index contributed by atoms with van der Waals surface area (Å²) in [4.78, 5) is 11.9. The van der Waals surface area contributed by atoms with Crippen LogP contribution in [0.2, 0.25) is 0 Å². The third kappa shape index (κ3) is 2.92. The number of hydrogen-bond donors (Lipinski definition) is 2. The second-order valence-electron chi connectivity index (χ2n) is 4.53. The smallest absolute Gasteiger partial charge is 0.251 e. The summed E-state index contributed by atoms with van der Waals surface area (Å²) in [7, 11) is 0. The first-order valence-electron chi connectivity index (χ1n) is 5.95. The molecule has 0 aliphatic carbocycles. The van der Waals surface area contributed by atoms with Gasteiger partial charge in [-0.3, -0.25) is 4.79 Å². The number of nitrogens with one attached hydrogen (secondary N) is 1. The predicted octanol–water partition coefficient (Wildman–Crippen LogP) is 1.30. The minimum atomic E-state index is -0.433. The van der Waals surface area contributed by atoms with Crippen LogP contribution in [0.3, 0.4) is 0 Å². The molecule has 0 spiro atoms. The number of carbonyl (C=O) groups excluding carboxylic acids is 1. The molecule has 1 aromatic rings. The highest BCUT2D eigenvalue weighted by Crippen LogP contribution is 2.32. The molecule has 0 aromatic heterocycles. The molecule has 1 aliphatic rings. The molecule has 1 heterocycles. The van der Waals surface area contributed by atoms with Crippen molar-refractivity contribution in [1.82, 2.24) is 5.32 Å². The van der Waals surface area contributed by atoms with Crippen molar-refractivity contribution in [3.63, 3.8) is 0 Å². The number of benzene rings is 1. The van der Waals surface area contributed by atoms with Crippen LogP contribution in [-0.2, 0) is 0 Å². The number of aliphatic hydroxyl groups excluding tert-OH is 1. The number of hydrogen-bond acceptors (Lipinski definition) is 4. The number of amides is 1. The zero-order chi connectivity index (χ0) is 13.1. The molecule has 2 atom stereocenters. The van der Waals surface area contributed by atoms with Crippen molar-refractivity contribution in [2.24, 2.45) is 0 Å². The third-order valence-electron chi connectivity index (χ3n) is 2.71.